The molecule has 0 aliphatic heterocycles. The zero-order valence-corrected chi connectivity index (χ0v) is 29.0. The lowest BCUT2D eigenvalue weighted by Gasteiger charge is -2.33. The number of aryl methyl sites for hydroxylation is 1. The number of amides is 4. The Morgan fingerprint density at radius 2 is 1.84 bits per heavy atom. The molecule has 4 amide bonds. The number of methoxy groups -OCH3 is 1. The van der Waals surface area contributed by atoms with Crippen LogP contribution in [0, 0.1) is 29.1 Å². The number of nitrogens with zero attached hydrogens (tertiary/aromatic N) is 2. The molecule has 5 aliphatic rings. The van der Waals surface area contributed by atoms with E-state index in [1.807, 2.05) is 18.2 Å². The van der Waals surface area contributed by atoms with Gasteiger partial charge in [-0.15, -0.1) is 0 Å². The number of allylic oxidation sites excluding steroid dienone is 1. The lowest BCUT2D eigenvalue weighted by Crippen LogP contribution is -2.48. The van der Waals surface area contributed by atoms with Crippen LogP contribution in [0.3, 0.4) is 0 Å². The van der Waals surface area contributed by atoms with Gasteiger partial charge in [-0.25, -0.2) is 4.79 Å². The maximum atomic E-state index is 13.6. The van der Waals surface area contributed by atoms with E-state index in [-0.39, 0.29) is 60.2 Å². The summed E-state index contributed by atoms with van der Waals surface area (Å²) in [5, 5.41) is 8.73. The number of anilines is 1. The van der Waals surface area contributed by atoms with Crippen LogP contribution in [0.2, 0.25) is 0 Å². The minimum atomic E-state index is -0.983. The first-order valence-corrected chi connectivity index (χ1v) is 17.6. The minimum Gasteiger partial charge on any atom is -0.466 e. The highest BCUT2D eigenvalue weighted by Crippen LogP contribution is 2.65. The molecule has 0 radical (unpaired) electrons. The summed E-state index contributed by atoms with van der Waals surface area (Å²) in [4.78, 5) is 80.3. The molecule has 3 N–H and O–H groups in total. The largest absolute Gasteiger partial charge is 0.466 e. The Morgan fingerprint density at radius 1 is 1.06 bits per heavy atom. The summed E-state index contributed by atoms with van der Waals surface area (Å²) in [5.41, 5.74) is 1.35. The van der Waals surface area contributed by atoms with Gasteiger partial charge in [0.1, 0.15) is 18.3 Å². The Balaban J connectivity index is 1.11. The van der Waals surface area contributed by atoms with Gasteiger partial charge in [-0.05, 0) is 98.8 Å². The van der Waals surface area contributed by atoms with Gasteiger partial charge in [0.2, 0.25) is 23.6 Å². The highest BCUT2D eigenvalue weighted by molar-refractivity contribution is 5.97. The fourth-order valence-electron chi connectivity index (χ4n) is 9.17. The summed E-state index contributed by atoms with van der Waals surface area (Å²) < 4.78 is 5.89. The first kappa shape index (κ1) is 35.1. The Hall–Kier alpha value is -4.74. The second-order valence-electron chi connectivity index (χ2n) is 14.7. The second-order valence-corrected chi connectivity index (χ2v) is 14.7. The molecule has 1 aromatic carbocycles. The lowest BCUT2D eigenvalue weighted by atomic mass is 9.74. The highest BCUT2D eigenvalue weighted by atomic mass is 16.5. The second kappa shape index (κ2) is 14.6. The topological polar surface area (TPSA) is 156 Å². The molecule has 0 saturated heterocycles. The molecule has 1 heterocycles. The van der Waals surface area contributed by atoms with Gasteiger partial charge in [0, 0.05) is 38.3 Å². The SMILES string of the molecule is COC(=O)/C=C/CC[C@H](NC(=O)C1CCc2ccccc2C1)C(=O)Nc1cccn(CC(=O)NC2C3CC4CC2C(C(=O)N(C)C)(C4)C3)c1=O. The average molecular weight is 686 g/mol. The molecule has 0 spiro atoms. The molecule has 5 aliphatic carbocycles. The van der Waals surface area contributed by atoms with E-state index in [9.17, 15) is 28.8 Å². The number of carbonyl (C=O) groups is 5. The van der Waals surface area contributed by atoms with Crippen LogP contribution in [0.5, 0.6) is 0 Å². The van der Waals surface area contributed by atoms with E-state index < -0.39 is 28.9 Å². The quantitative estimate of drug-likeness (QED) is 0.229. The molecule has 50 heavy (non-hydrogen) atoms. The molecule has 7 rings (SSSR count). The van der Waals surface area contributed by atoms with Crippen LogP contribution in [0.4, 0.5) is 5.69 Å². The van der Waals surface area contributed by atoms with Crippen LogP contribution in [0.1, 0.15) is 56.1 Å². The fourth-order valence-corrected chi connectivity index (χ4v) is 9.17. The third kappa shape index (κ3) is 7.11. The standard InChI is InChI=1S/C38H47N5O7/c1-42(2)37(49)38-20-23-17-27(21-38)33(28(38)18-23)41-31(44)22-43-16-8-12-30(36(43)48)40-35(47)29(11-6-7-13-32(45)50-3)39-34(46)26-15-14-24-9-4-5-10-25(24)19-26/h4-5,7-10,12-13,16,23,26-29,33H,6,11,14-15,17-22H2,1-3H3,(H,39,46)(H,40,47)(H,41,44)/b13-7+/t23?,26?,27?,28?,29-,33?,38?/m0/s1. The van der Waals surface area contributed by atoms with Gasteiger partial charge in [-0.2, -0.15) is 0 Å². The summed E-state index contributed by atoms with van der Waals surface area (Å²) in [6.45, 7) is -0.238. The molecule has 12 heteroatoms. The van der Waals surface area contributed by atoms with Crippen LogP contribution in [0.15, 0.2) is 59.5 Å². The third-order valence-electron chi connectivity index (χ3n) is 11.3. The fraction of sp³-hybridized carbons (Fsp3) is 0.526. The molecule has 4 saturated carbocycles. The van der Waals surface area contributed by atoms with Gasteiger partial charge in [-0.3, -0.25) is 24.0 Å². The maximum absolute atomic E-state index is 13.6. The number of benzene rings is 1. The highest BCUT2D eigenvalue weighted by Gasteiger charge is 2.66. The van der Waals surface area contributed by atoms with Crippen molar-refractivity contribution in [1.82, 2.24) is 20.1 Å². The van der Waals surface area contributed by atoms with Crippen LogP contribution >= 0.6 is 0 Å². The summed E-state index contributed by atoms with van der Waals surface area (Å²) in [7, 11) is 4.85. The van der Waals surface area contributed by atoms with Crippen molar-refractivity contribution in [2.24, 2.45) is 29.1 Å². The van der Waals surface area contributed by atoms with E-state index in [0.717, 1.165) is 37.7 Å². The van der Waals surface area contributed by atoms with Crippen LogP contribution in [-0.2, 0) is 48.1 Å². The summed E-state index contributed by atoms with van der Waals surface area (Å²) in [5.74, 6) is -0.999. The van der Waals surface area contributed by atoms with Crippen molar-refractivity contribution < 1.29 is 28.7 Å². The molecule has 4 fully saturated rings. The van der Waals surface area contributed by atoms with Crippen molar-refractivity contribution >= 4 is 35.3 Å². The van der Waals surface area contributed by atoms with Gasteiger partial charge < -0.3 is 30.2 Å². The molecule has 12 nitrogen and oxygen atoms in total. The summed E-state index contributed by atoms with van der Waals surface area (Å²) in [6, 6.07) is 9.97. The zero-order valence-electron chi connectivity index (χ0n) is 29.0. The van der Waals surface area contributed by atoms with Crippen molar-refractivity contribution in [2.75, 3.05) is 26.5 Å². The van der Waals surface area contributed by atoms with Crippen LogP contribution in [0.25, 0.3) is 0 Å². The predicted octanol–water partition coefficient (Wildman–Crippen LogP) is 2.60. The van der Waals surface area contributed by atoms with Gasteiger partial charge in [0.05, 0.1) is 12.5 Å². The smallest absolute Gasteiger partial charge is 0.330 e. The number of fused-ring (bicyclic) bond motifs is 1. The molecular formula is C38H47N5O7. The predicted molar refractivity (Wildman–Crippen MR) is 186 cm³/mol. The Morgan fingerprint density at radius 3 is 2.60 bits per heavy atom. The average Bonchev–Trinajstić information content (AvgIpc) is 3.49. The third-order valence-corrected chi connectivity index (χ3v) is 11.3. The summed E-state index contributed by atoms with van der Waals surface area (Å²) >= 11 is 0. The molecule has 6 unspecified atom stereocenters. The normalized spacial score (nSPS) is 26.6. The first-order chi connectivity index (χ1) is 24.0. The van der Waals surface area contributed by atoms with Gasteiger partial charge in [-0.1, -0.05) is 30.3 Å². The Kier molecular flexibility index (Phi) is 10.3. The number of nitrogens with one attached hydrogen (secondary N) is 3. The molecular weight excluding hydrogens is 638 g/mol. The van der Waals surface area contributed by atoms with E-state index >= 15 is 0 Å². The van der Waals surface area contributed by atoms with Crippen molar-refractivity contribution in [3.8, 4) is 0 Å². The van der Waals surface area contributed by atoms with Gasteiger partial charge in [0.15, 0.2) is 0 Å². The minimum absolute atomic E-state index is 0.0182. The molecule has 4 bridgehead atoms. The van der Waals surface area contributed by atoms with Crippen molar-refractivity contribution in [3.05, 3.63) is 76.2 Å². The Bertz CT molecular complexity index is 1750. The lowest BCUT2D eigenvalue weighted by molar-refractivity contribution is -0.141. The van der Waals surface area contributed by atoms with Gasteiger partial charge in [0.25, 0.3) is 5.56 Å². The number of aromatic nitrogens is 1. The first-order valence-electron chi connectivity index (χ1n) is 17.6. The number of pyridine rings is 1. The number of rotatable bonds is 12. The van der Waals surface area contributed by atoms with Crippen LogP contribution in [-0.4, -0.2) is 72.4 Å². The number of hydrogen-bond acceptors (Lipinski definition) is 7. The Labute approximate surface area is 292 Å². The zero-order chi connectivity index (χ0) is 35.6. The van der Waals surface area contributed by atoms with Crippen molar-refractivity contribution in [1.29, 1.82) is 0 Å². The van der Waals surface area contributed by atoms with E-state index in [4.69, 9.17) is 0 Å². The van der Waals surface area contributed by atoms with Gasteiger partial charge >= 0.3 is 5.97 Å². The number of esters is 1. The maximum Gasteiger partial charge on any atom is 0.330 e. The number of carbonyl (C=O) groups excluding carboxylic acids is 5. The van der Waals surface area contributed by atoms with E-state index in [1.165, 1.54) is 35.6 Å². The number of ether oxygens (including phenoxy) is 1. The molecule has 1 aromatic heterocycles. The summed E-state index contributed by atoms with van der Waals surface area (Å²) in [6.07, 6.45) is 10.4. The van der Waals surface area contributed by atoms with E-state index in [0.29, 0.717) is 25.2 Å². The van der Waals surface area contributed by atoms with Crippen molar-refractivity contribution in [3.63, 3.8) is 0 Å². The molecule has 7 atom stereocenters. The van der Waals surface area contributed by atoms with E-state index in [2.05, 4.69) is 26.8 Å². The van der Waals surface area contributed by atoms with Crippen molar-refractivity contribution in [2.45, 2.75) is 76.4 Å². The molecule has 2 aromatic rings. The molecule has 266 valence electrons. The van der Waals surface area contributed by atoms with Crippen LogP contribution < -0.4 is 21.5 Å². The number of hydrogen-bond donors (Lipinski definition) is 3. The monoisotopic (exact) mass is 685 g/mol. The van der Waals surface area contributed by atoms with E-state index in [1.54, 1.807) is 31.1 Å².